The van der Waals surface area contributed by atoms with Crippen LogP contribution in [0.25, 0.3) is 0 Å². The summed E-state index contributed by atoms with van der Waals surface area (Å²) in [6.07, 6.45) is 10.6. The zero-order chi connectivity index (χ0) is 24.7. The van der Waals surface area contributed by atoms with Gasteiger partial charge in [0.05, 0.1) is 12.5 Å². The summed E-state index contributed by atoms with van der Waals surface area (Å²) in [6, 6.07) is 7.69. The van der Waals surface area contributed by atoms with Gasteiger partial charge in [-0.1, -0.05) is 61.2 Å². The molecule has 0 aromatic heterocycles. The van der Waals surface area contributed by atoms with Gasteiger partial charge in [-0.05, 0) is 23.8 Å². The number of rotatable bonds is 11. The van der Waals surface area contributed by atoms with Crippen molar-refractivity contribution in [3.8, 4) is 0 Å². The molecule has 0 saturated carbocycles. The highest BCUT2D eigenvalue weighted by atomic mass is 16.2. The second kappa shape index (κ2) is 11.4. The Bertz CT molecular complexity index is 1010. The van der Waals surface area contributed by atoms with Crippen LogP contribution < -0.4 is 21.7 Å². The molecule has 1 aromatic rings. The van der Waals surface area contributed by atoms with E-state index in [1.54, 1.807) is 19.0 Å². The lowest BCUT2D eigenvalue weighted by Crippen LogP contribution is -2.54. The van der Waals surface area contributed by atoms with Gasteiger partial charge in [0.15, 0.2) is 0 Å². The summed E-state index contributed by atoms with van der Waals surface area (Å²) in [5, 5.41) is 8.89. The van der Waals surface area contributed by atoms with Gasteiger partial charge in [-0.3, -0.25) is 14.4 Å². The molecule has 3 amide bonds. The normalized spacial score (nSPS) is 19.8. The van der Waals surface area contributed by atoms with Crippen LogP contribution in [-0.4, -0.2) is 54.8 Å². The Hall–Kier alpha value is -3.81. The Kier molecular flexibility index (Phi) is 8.29. The van der Waals surface area contributed by atoms with Crippen LogP contribution in [0, 0.1) is 5.92 Å². The number of nitrogens with one attached hydrogen (secondary N) is 3. The summed E-state index contributed by atoms with van der Waals surface area (Å²) in [4.78, 5) is 39.9. The average Bonchev–Trinajstić information content (AvgIpc) is 3.21. The number of hydrogen-bond donors (Lipinski definition) is 4. The highest BCUT2D eigenvalue weighted by molar-refractivity contribution is 5.92. The molecule has 0 bridgehead atoms. The number of carbonyl (C=O) groups excluding carboxylic acids is 3. The second-order valence-corrected chi connectivity index (χ2v) is 8.82. The molecule has 5 N–H and O–H groups in total. The topological polar surface area (TPSA) is 117 Å². The van der Waals surface area contributed by atoms with Crippen LogP contribution in [-0.2, 0) is 20.8 Å². The average molecular weight is 464 g/mol. The fourth-order valence-electron chi connectivity index (χ4n) is 3.99. The number of hydrogen-bond acceptors (Lipinski definition) is 5. The molecule has 8 heteroatoms. The molecular weight excluding hydrogens is 430 g/mol. The number of nitrogens with two attached hydrogens (primary N) is 1. The summed E-state index contributed by atoms with van der Waals surface area (Å²) < 4.78 is 0. The summed E-state index contributed by atoms with van der Waals surface area (Å²) in [5.74, 6) is -1.31. The van der Waals surface area contributed by atoms with E-state index < -0.39 is 23.9 Å². The summed E-state index contributed by atoms with van der Waals surface area (Å²) in [7, 11) is 3.61. The third kappa shape index (κ3) is 6.60. The van der Waals surface area contributed by atoms with Crippen LogP contribution in [0.4, 0.5) is 0 Å². The number of carbonyl (C=O) groups is 3. The van der Waals surface area contributed by atoms with E-state index >= 15 is 0 Å². The number of nitrogens with zero attached hydrogens (tertiary/aromatic N) is 1. The zero-order valence-corrected chi connectivity index (χ0v) is 19.7. The summed E-state index contributed by atoms with van der Waals surface area (Å²) in [5.41, 5.74) is 8.08. The monoisotopic (exact) mass is 463 g/mol. The van der Waals surface area contributed by atoms with Crippen molar-refractivity contribution in [3.63, 3.8) is 0 Å². The fraction of sp³-hybridized carbons (Fsp3) is 0.346. The van der Waals surface area contributed by atoms with Gasteiger partial charge in [0.1, 0.15) is 12.1 Å². The van der Waals surface area contributed by atoms with Crippen molar-refractivity contribution in [1.82, 2.24) is 20.9 Å². The van der Waals surface area contributed by atoms with Gasteiger partial charge in [-0.15, -0.1) is 0 Å². The molecule has 1 aliphatic carbocycles. The van der Waals surface area contributed by atoms with Gasteiger partial charge in [-0.25, -0.2) is 0 Å². The van der Waals surface area contributed by atoms with Gasteiger partial charge >= 0.3 is 0 Å². The minimum Gasteiger partial charge on any atom is -0.384 e. The minimum atomic E-state index is -0.896. The van der Waals surface area contributed by atoms with Gasteiger partial charge in [0.2, 0.25) is 17.7 Å². The predicted molar refractivity (Wildman–Crippen MR) is 132 cm³/mol. The SMILES string of the molecule is C=C(CC(=O)N[C@@H](CC1=CNC2C=CC=CC12)C(=O)N[C@@H](Cc1ccccc1)C(N)=O)N(C)C. The Morgan fingerprint density at radius 2 is 1.76 bits per heavy atom. The molecular formula is C26H33N5O3. The van der Waals surface area contributed by atoms with E-state index in [1.807, 2.05) is 48.7 Å². The maximum Gasteiger partial charge on any atom is 0.243 e. The molecule has 1 aliphatic heterocycles. The third-order valence-electron chi connectivity index (χ3n) is 6.06. The van der Waals surface area contributed by atoms with Crippen molar-refractivity contribution in [2.75, 3.05) is 14.1 Å². The van der Waals surface area contributed by atoms with E-state index in [0.29, 0.717) is 12.1 Å². The van der Waals surface area contributed by atoms with E-state index in [1.165, 1.54) is 0 Å². The first-order chi connectivity index (χ1) is 16.2. The van der Waals surface area contributed by atoms with E-state index in [0.717, 1.165) is 11.1 Å². The van der Waals surface area contributed by atoms with E-state index in [9.17, 15) is 14.4 Å². The lowest BCUT2D eigenvalue weighted by molar-refractivity contribution is -0.131. The summed E-state index contributed by atoms with van der Waals surface area (Å²) >= 11 is 0. The molecule has 2 unspecified atom stereocenters. The van der Waals surface area contributed by atoms with Crippen LogP contribution in [0.15, 0.2) is 78.7 Å². The maximum atomic E-state index is 13.3. The van der Waals surface area contributed by atoms with Gasteiger partial charge in [0, 0.05) is 32.1 Å². The lowest BCUT2D eigenvalue weighted by atomic mass is 9.87. The van der Waals surface area contributed by atoms with Gasteiger partial charge in [0.25, 0.3) is 0 Å². The van der Waals surface area contributed by atoms with Crippen molar-refractivity contribution in [2.45, 2.75) is 37.4 Å². The van der Waals surface area contributed by atoms with Crippen molar-refractivity contribution >= 4 is 17.7 Å². The molecule has 4 atom stereocenters. The molecule has 8 nitrogen and oxygen atoms in total. The molecule has 2 aliphatic rings. The summed E-state index contributed by atoms with van der Waals surface area (Å²) in [6.45, 7) is 3.89. The lowest BCUT2D eigenvalue weighted by Gasteiger charge is -2.25. The highest BCUT2D eigenvalue weighted by Gasteiger charge is 2.32. The predicted octanol–water partition coefficient (Wildman–Crippen LogP) is 1.14. The number of allylic oxidation sites excluding steroid dienone is 2. The highest BCUT2D eigenvalue weighted by Crippen LogP contribution is 2.29. The number of primary amides is 1. The third-order valence-corrected chi connectivity index (χ3v) is 6.06. The quantitative estimate of drug-likeness (QED) is 0.393. The molecule has 34 heavy (non-hydrogen) atoms. The van der Waals surface area contributed by atoms with Crippen LogP contribution >= 0.6 is 0 Å². The Morgan fingerprint density at radius 1 is 1.06 bits per heavy atom. The smallest absolute Gasteiger partial charge is 0.243 e. The first kappa shape index (κ1) is 24.8. The zero-order valence-electron chi connectivity index (χ0n) is 19.7. The molecule has 0 spiro atoms. The van der Waals surface area contributed by atoms with Crippen molar-refractivity contribution in [1.29, 1.82) is 0 Å². The standard InChI is InChI=1S/C26H33N5O3/c1-17(31(2)3)13-24(32)29-23(15-19-16-28-21-12-8-7-11-20(19)21)26(34)30-22(25(27)33)14-18-9-5-4-6-10-18/h4-12,16,20-23,28H,1,13-15H2,2-3H3,(H2,27,33)(H,29,32)(H,30,34)/t20?,21?,22-,23-/m0/s1. The second-order valence-electron chi connectivity index (χ2n) is 8.82. The van der Waals surface area contributed by atoms with Crippen molar-refractivity contribution in [2.24, 2.45) is 11.7 Å². The first-order valence-electron chi connectivity index (χ1n) is 11.3. The molecule has 180 valence electrons. The van der Waals surface area contributed by atoms with Crippen LogP contribution in [0.3, 0.4) is 0 Å². The van der Waals surface area contributed by atoms with E-state index in [-0.39, 0.29) is 30.7 Å². The molecule has 0 saturated heterocycles. The van der Waals surface area contributed by atoms with Gasteiger partial charge in [-0.2, -0.15) is 0 Å². The van der Waals surface area contributed by atoms with E-state index in [2.05, 4.69) is 34.7 Å². The maximum absolute atomic E-state index is 13.3. The van der Waals surface area contributed by atoms with Crippen LogP contribution in [0.1, 0.15) is 18.4 Å². The molecule has 3 rings (SSSR count). The van der Waals surface area contributed by atoms with Crippen molar-refractivity contribution < 1.29 is 14.4 Å². The fourth-order valence-corrected chi connectivity index (χ4v) is 3.99. The van der Waals surface area contributed by atoms with Crippen LogP contribution in [0.5, 0.6) is 0 Å². The van der Waals surface area contributed by atoms with Crippen LogP contribution in [0.2, 0.25) is 0 Å². The molecule has 1 heterocycles. The largest absolute Gasteiger partial charge is 0.384 e. The first-order valence-corrected chi connectivity index (χ1v) is 11.3. The Labute approximate surface area is 200 Å². The van der Waals surface area contributed by atoms with E-state index in [4.69, 9.17) is 5.73 Å². The Morgan fingerprint density at radius 3 is 2.44 bits per heavy atom. The Balaban J connectivity index is 1.74. The number of benzene rings is 1. The number of fused-ring (bicyclic) bond motifs is 1. The van der Waals surface area contributed by atoms with Gasteiger partial charge < -0.3 is 26.6 Å². The minimum absolute atomic E-state index is 0.0615. The molecule has 0 fully saturated rings. The molecule has 1 aromatic carbocycles. The van der Waals surface area contributed by atoms with Crippen molar-refractivity contribution in [3.05, 3.63) is 84.2 Å². The molecule has 0 radical (unpaired) electrons. The number of amides is 3.